The van der Waals surface area contributed by atoms with Gasteiger partial charge in [-0.05, 0) is 26.2 Å². The summed E-state index contributed by atoms with van der Waals surface area (Å²) in [5.41, 5.74) is -1.37. The van der Waals surface area contributed by atoms with Crippen molar-refractivity contribution >= 4 is 17.8 Å². The molecule has 0 aromatic rings. The fourth-order valence-corrected chi connectivity index (χ4v) is 3.72. The second kappa shape index (κ2) is 7.32. The summed E-state index contributed by atoms with van der Waals surface area (Å²) in [7, 11) is 0. The minimum atomic E-state index is -1.37. The van der Waals surface area contributed by atoms with Crippen LogP contribution in [-0.2, 0) is 23.9 Å². The van der Waals surface area contributed by atoms with Crippen molar-refractivity contribution in [2.75, 3.05) is 6.61 Å². The van der Waals surface area contributed by atoms with E-state index in [2.05, 4.69) is 5.32 Å². The Hall–Kier alpha value is -1.59. The van der Waals surface area contributed by atoms with E-state index in [1.54, 1.807) is 20.8 Å². The maximum atomic E-state index is 12.5. The van der Waals surface area contributed by atoms with Gasteiger partial charge in [0, 0.05) is 12.0 Å². The van der Waals surface area contributed by atoms with E-state index in [4.69, 9.17) is 9.47 Å². The number of esters is 2. The second-order valence-electron chi connectivity index (χ2n) is 6.50. The maximum Gasteiger partial charge on any atom is 0.324 e. The van der Waals surface area contributed by atoms with Crippen LogP contribution >= 0.6 is 0 Å². The molecule has 2 rings (SSSR count). The van der Waals surface area contributed by atoms with Gasteiger partial charge in [0.15, 0.2) is 11.5 Å². The molecule has 1 amide bonds. The zero-order chi connectivity index (χ0) is 17.0. The van der Waals surface area contributed by atoms with E-state index in [9.17, 15) is 14.4 Å². The highest BCUT2D eigenvalue weighted by atomic mass is 16.6. The highest BCUT2D eigenvalue weighted by Crippen LogP contribution is 2.43. The molecule has 23 heavy (non-hydrogen) atoms. The largest absolute Gasteiger partial charge is 0.465 e. The number of hydrogen-bond donors (Lipinski definition) is 1. The van der Waals surface area contributed by atoms with Crippen molar-refractivity contribution in [1.82, 2.24) is 5.32 Å². The Labute approximate surface area is 137 Å². The van der Waals surface area contributed by atoms with E-state index in [1.165, 1.54) is 6.42 Å². The van der Waals surface area contributed by atoms with Gasteiger partial charge in [0.1, 0.15) is 0 Å². The highest BCUT2D eigenvalue weighted by Gasteiger charge is 2.62. The van der Waals surface area contributed by atoms with Gasteiger partial charge in [0.25, 0.3) is 5.91 Å². The number of carbonyl (C=O) groups is 3. The highest BCUT2D eigenvalue weighted by molar-refractivity contribution is 6.04. The fourth-order valence-electron chi connectivity index (χ4n) is 3.72. The molecule has 0 bridgehead atoms. The van der Waals surface area contributed by atoms with Crippen molar-refractivity contribution in [1.29, 1.82) is 0 Å². The topological polar surface area (TPSA) is 81.7 Å². The van der Waals surface area contributed by atoms with Crippen LogP contribution in [0.25, 0.3) is 0 Å². The lowest BCUT2D eigenvalue weighted by molar-refractivity contribution is -0.166. The zero-order valence-electron chi connectivity index (χ0n) is 14.2. The van der Waals surface area contributed by atoms with Crippen molar-refractivity contribution < 1.29 is 23.9 Å². The SMILES string of the molecule is CCOC(=O)C1(CC)C(=O)OC(C(=O)NC2CCCCC2)C1C. The standard InChI is InChI=1S/C17H27NO5/c1-4-17(15(20)22-5-2)11(3)13(23-16(17)21)14(19)18-12-9-7-6-8-10-12/h11-13H,4-10H2,1-3H3,(H,18,19). The average Bonchev–Trinajstić information content (AvgIpc) is 2.80. The minimum absolute atomic E-state index is 0.140. The molecule has 6 nitrogen and oxygen atoms in total. The molecule has 3 unspecified atom stereocenters. The van der Waals surface area contributed by atoms with Crippen LogP contribution in [0, 0.1) is 11.3 Å². The number of nitrogens with one attached hydrogen (secondary N) is 1. The van der Waals surface area contributed by atoms with Crippen molar-refractivity contribution in [3.63, 3.8) is 0 Å². The monoisotopic (exact) mass is 325 g/mol. The molecule has 2 fully saturated rings. The summed E-state index contributed by atoms with van der Waals surface area (Å²) in [6.07, 6.45) is 4.66. The molecule has 1 saturated heterocycles. The van der Waals surface area contributed by atoms with Gasteiger partial charge in [-0.25, -0.2) is 0 Å². The van der Waals surface area contributed by atoms with Gasteiger partial charge in [-0.3, -0.25) is 14.4 Å². The predicted octanol–water partition coefficient (Wildman–Crippen LogP) is 1.96. The third-order valence-corrected chi connectivity index (χ3v) is 5.24. The van der Waals surface area contributed by atoms with Crippen LogP contribution in [0.5, 0.6) is 0 Å². The van der Waals surface area contributed by atoms with Gasteiger partial charge in [-0.15, -0.1) is 0 Å². The summed E-state index contributed by atoms with van der Waals surface area (Å²) in [5, 5.41) is 2.98. The Morgan fingerprint density at radius 3 is 2.48 bits per heavy atom. The van der Waals surface area contributed by atoms with Crippen molar-refractivity contribution in [2.45, 2.75) is 71.4 Å². The molecular formula is C17H27NO5. The van der Waals surface area contributed by atoms with Crippen molar-refractivity contribution in [3.8, 4) is 0 Å². The molecule has 1 aliphatic carbocycles. The number of rotatable bonds is 5. The summed E-state index contributed by atoms with van der Waals surface area (Å²) in [6.45, 7) is 5.35. The van der Waals surface area contributed by atoms with E-state index in [0.29, 0.717) is 0 Å². The molecule has 0 spiro atoms. The van der Waals surface area contributed by atoms with E-state index < -0.39 is 29.4 Å². The molecule has 6 heteroatoms. The molecule has 0 radical (unpaired) electrons. The third kappa shape index (κ3) is 3.21. The van der Waals surface area contributed by atoms with E-state index in [0.717, 1.165) is 25.7 Å². The normalized spacial score (nSPS) is 31.5. The van der Waals surface area contributed by atoms with Gasteiger partial charge in [-0.1, -0.05) is 33.1 Å². The minimum Gasteiger partial charge on any atom is -0.465 e. The first-order chi connectivity index (χ1) is 11.0. The molecule has 130 valence electrons. The van der Waals surface area contributed by atoms with Crippen LogP contribution in [0.2, 0.25) is 0 Å². The van der Waals surface area contributed by atoms with Crippen LogP contribution < -0.4 is 5.32 Å². The van der Waals surface area contributed by atoms with Crippen LogP contribution in [0.4, 0.5) is 0 Å². The quantitative estimate of drug-likeness (QED) is 0.617. The Kier molecular flexibility index (Phi) is 5.65. The Morgan fingerprint density at radius 2 is 1.91 bits per heavy atom. The van der Waals surface area contributed by atoms with Crippen LogP contribution in [0.1, 0.15) is 59.3 Å². The average molecular weight is 325 g/mol. The Morgan fingerprint density at radius 1 is 1.26 bits per heavy atom. The first-order valence-electron chi connectivity index (χ1n) is 8.66. The summed E-state index contributed by atoms with van der Waals surface area (Å²) in [4.78, 5) is 37.2. The first-order valence-corrected chi connectivity index (χ1v) is 8.66. The lowest BCUT2D eigenvalue weighted by atomic mass is 9.73. The predicted molar refractivity (Wildman–Crippen MR) is 83.4 cm³/mol. The van der Waals surface area contributed by atoms with Gasteiger partial charge >= 0.3 is 11.9 Å². The summed E-state index contributed by atoms with van der Waals surface area (Å²) >= 11 is 0. The molecule has 1 N–H and O–H groups in total. The first kappa shape index (κ1) is 17.8. The number of amides is 1. The van der Waals surface area contributed by atoms with Gasteiger partial charge in [0.2, 0.25) is 0 Å². The molecule has 0 aromatic heterocycles. The summed E-state index contributed by atoms with van der Waals surface area (Å²) in [5.74, 6) is -2.07. The number of cyclic esters (lactones) is 1. The number of ether oxygens (including phenoxy) is 2. The lowest BCUT2D eigenvalue weighted by Crippen LogP contribution is -2.47. The van der Waals surface area contributed by atoms with Gasteiger partial charge in [-0.2, -0.15) is 0 Å². The van der Waals surface area contributed by atoms with Crippen molar-refractivity contribution in [2.24, 2.45) is 11.3 Å². The lowest BCUT2D eigenvalue weighted by Gasteiger charge is -2.27. The van der Waals surface area contributed by atoms with Crippen LogP contribution in [0.15, 0.2) is 0 Å². The maximum absolute atomic E-state index is 12.5. The molecule has 2 aliphatic rings. The van der Waals surface area contributed by atoms with Crippen LogP contribution in [0.3, 0.4) is 0 Å². The smallest absolute Gasteiger partial charge is 0.324 e. The zero-order valence-corrected chi connectivity index (χ0v) is 14.2. The molecule has 3 atom stereocenters. The van der Waals surface area contributed by atoms with Gasteiger partial charge in [0.05, 0.1) is 6.61 Å². The van der Waals surface area contributed by atoms with E-state index in [1.807, 2.05) is 0 Å². The number of hydrogen-bond acceptors (Lipinski definition) is 5. The van der Waals surface area contributed by atoms with Crippen molar-refractivity contribution in [3.05, 3.63) is 0 Å². The van der Waals surface area contributed by atoms with E-state index in [-0.39, 0.29) is 25.0 Å². The fraction of sp³-hybridized carbons (Fsp3) is 0.824. The van der Waals surface area contributed by atoms with Crippen LogP contribution in [-0.4, -0.2) is 36.6 Å². The summed E-state index contributed by atoms with van der Waals surface area (Å²) in [6, 6.07) is 0.140. The third-order valence-electron chi connectivity index (χ3n) is 5.24. The molecule has 1 aliphatic heterocycles. The number of carbonyl (C=O) groups excluding carboxylic acids is 3. The summed E-state index contributed by atoms with van der Waals surface area (Å²) < 4.78 is 10.4. The molecule has 1 heterocycles. The Bertz CT molecular complexity index is 472. The molecule has 1 saturated carbocycles. The van der Waals surface area contributed by atoms with Gasteiger partial charge < -0.3 is 14.8 Å². The van der Waals surface area contributed by atoms with E-state index >= 15 is 0 Å². The Balaban J connectivity index is 2.11. The molecule has 0 aromatic carbocycles. The second-order valence-corrected chi connectivity index (χ2v) is 6.50. The molecular weight excluding hydrogens is 298 g/mol.